The number of likely N-dealkylation sites (N-methyl/N-ethyl adjacent to an activating group) is 1. The summed E-state index contributed by atoms with van der Waals surface area (Å²) >= 11 is 0. The zero-order chi connectivity index (χ0) is 14.7. The molecule has 1 amide bonds. The average molecular weight is 278 g/mol. The Labute approximate surface area is 120 Å². The summed E-state index contributed by atoms with van der Waals surface area (Å²) in [7, 11) is 5.20. The second-order valence-corrected chi connectivity index (χ2v) is 5.28. The van der Waals surface area contributed by atoms with E-state index in [1.54, 1.807) is 26.1 Å². The Morgan fingerprint density at radius 2 is 2.00 bits per heavy atom. The molecule has 1 atom stereocenters. The SMILES string of the molecule is COc1cccc(OC2CN(C(C)C(=O)N(C)C)C2)c1. The molecular weight excluding hydrogens is 256 g/mol. The first kappa shape index (κ1) is 14.7. The van der Waals surface area contributed by atoms with Crippen molar-refractivity contribution in [2.75, 3.05) is 34.3 Å². The van der Waals surface area contributed by atoms with Gasteiger partial charge in [0.1, 0.15) is 17.6 Å². The summed E-state index contributed by atoms with van der Waals surface area (Å²) in [6, 6.07) is 7.49. The van der Waals surface area contributed by atoms with Gasteiger partial charge in [-0.15, -0.1) is 0 Å². The van der Waals surface area contributed by atoms with E-state index in [-0.39, 0.29) is 18.1 Å². The molecule has 0 spiro atoms. The molecule has 5 heteroatoms. The maximum atomic E-state index is 11.9. The molecule has 1 aromatic rings. The number of benzene rings is 1. The smallest absolute Gasteiger partial charge is 0.239 e. The molecule has 1 aromatic carbocycles. The van der Waals surface area contributed by atoms with Crippen LogP contribution in [0.1, 0.15) is 6.92 Å². The molecular formula is C15H22N2O3. The minimum Gasteiger partial charge on any atom is -0.497 e. The van der Waals surface area contributed by atoms with Gasteiger partial charge in [0.15, 0.2) is 0 Å². The minimum atomic E-state index is -0.0878. The highest BCUT2D eigenvalue weighted by atomic mass is 16.5. The van der Waals surface area contributed by atoms with Crippen LogP contribution in [-0.4, -0.2) is 62.1 Å². The number of hydrogen-bond acceptors (Lipinski definition) is 4. The molecule has 5 nitrogen and oxygen atoms in total. The summed E-state index contributed by atoms with van der Waals surface area (Å²) in [4.78, 5) is 15.6. The predicted molar refractivity (Wildman–Crippen MR) is 77.1 cm³/mol. The molecule has 0 saturated carbocycles. The minimum absolute atomic E-state index is 0.0878. The molecule has 110 valence electrons. The van der Waals surface area contributed by atoms with Crippen LogP contribution in [0.2, 0.25) is 0 Å². The fraction of sp³-hybridized carbons (Fsp3) is 0.533. The quantitative estimate of drug-likeness (QED) is 0.812. The molecule has 1 aliphatic rings. The van der Waals surface area contributed by atoms with E-state index in [0.717, 1.165) is 24.6 Å². The number of methoxy groups -OCH3 is 1. The van der Waals surface area contributed by atoms with Crippen molar-refractivity contribution < 1.29 is 14.3 Å². The van der Waals surface area contributed by atoms with Crippen LogP contribution in [0.25, 0.3) is 0 Å². The molecule has 0 radical (unpaired) electrons. The van der Waals surface area contributed by atoms with E-state index < -0.39 is 0 Å². The van der Waals surface area contributed by atoms with Crippen molar-refractivity contribution in [3.05, 3.63) is 24.3 Å². The summed E-state index contributed by atoms with van der Waals surface area (Å²) in [6.07, 6.45) is 0.138. The topological polar surface area (TPSA) is 42.0 Å². The van der Waals surface area contributed by atoms with Gasteiger partial charge in [-0.25, -0.2) is 0 Å². The van der Waals surface area contributed by atoms with Crippen LogP contribution < -0.4 is 9.47 Å². The summed E-state index contributed by atoms with van der Waals surface area (Å²) in [5.41, 5.74) is 0. The Morgan fingerprint density at radius 3 is 2.60 bits per heavy atom. The van der Waals surface area contributed by atoms with Gasteiger partial charge in [0.25, 0.3) is 0 Å². The van der Waals surface area contributed by atoms with E-state index in [1.807, 2.05) is 31.2 Å². The molecule has 1 saturated heterocycles. The van der Waals surface area contributed by atoms with Crippen molar-refractivity contribution in [2.45, 2.75) is 19.1 Å². The molecule has 0 bridgehead atoms. The molecule has 0 aliphatic carbocycles. The van der Waals surface area contributed by atoms with Crippen LogP contribution >= 0.6 is 0 Å². The first-order valence-corrected chi connectivity index (χ1v) is 6.77. The monoisotopic (exact) mass is 278 g/mol. The van der Waals surface area contributed by atoms with E-state index >= 15 is 0 Å². The lowest BCUT2D eigenvalue weighted by Gasteiger charge is -2.42. The van der Waals surface area contributed by atoms with Crippen molar-refractivity contribution in [3.8, 4) is 11.5 Å². The number of ether oxygens (including phenoxy) is 2. The Kier molecular flexibility index (Phi) is 4.49. The number of carbonyl (C=O) groups excluding carboxylic acids is 1. The zero-order valence-electron chi connectivity index (χ0n) is 12.5. The van der Waals surface area contributed by atoms with Gasteiger partial charge in [-0.05, 0) is 19.1 Å². The fourth-order valence-corrected chi connectivity index (χ4v) is 2.26. The number of amides is 1. The van der Waals surface area contributed by atoms with Gasteiger partial charge in [-0.3, -0.25) is 9.69 Å². The lowest BCUT2D eigenvalue weighted by atomic mass is 10.1. The highest BCUT2D eigenvalue weighted by Gasteiger charge is 2.35. The van der Waals surface area contributed by atoms with Crippen molar-refractivity contribution in [1.82, 2.24) is 9.80 Å². The van der Waals surface area contributed by atoms with Crippen molar-refractivity contribution >= 4 is 5.91 Å². The molecule has 2 rings (SSSR count). The van der Waals surface area contributed by atoms with Gasteiger partial charge in [-0.1, -0.05) is 6.07 Å². The van der Waals surface area contributed by atoms with E-state index in [4.69, 9.17) is 9.47 Å². The van der Waals surface area contributed by atoms with Gasteiger partial charge >= 0.3 is 0 Å². The van der Waals surface area contributed by atoms with Crippen molar-refractivity contribution in [3.63, 3.8) is 0 Å². The number of hydrogen-bond donors (Lipinski definition) is 0. The molecule has 20 heavy (non-hydrogen) atoms. The largest absolute Gasteiger partial charge is 0.497 e. The summed E-state index contributed by atoms with van der Waals surface area (Å²) < 4.78 is 11.0. The highest BCUT2D eigenvalue weighted by Crippen LogP contribution is 2.23. The van der Waals surface area contributed by atoms with Crippen LogP contribution in [0.5, 0.6) is 11.5 Å². The third kappa shape index (κ3) is 3.22. The van der Waals surface area contributed by atoms with Gasteiger partial charge in [0.05, 0.1) is 13.2 Å². The number of rotatable bonds is 5. The van der Waals surface area contributed by atoms with Gasteiger partial charge in [0.2, 0.25) is 5.91 Å². The Hall–Kier alpha value is -1.75. The summed E-state index contributed by atoms with van der Waals surface area (Å²) in [6.45, 7) is 3.49. The van der Waals surface area contributed by atoms with E-state index in [9.17, 15) is 4.79 Å². The number of likely N-dealkylation sites (tertiary alicyclic amines) is 1. The molecule has 1 aliphatic heterocycles. The summed E-state index contributed by atoms with van der Waals surface area (Å²) in [5.74, 6) is 1.72. The lowest BCUT2D eigenvalue weighted by molar-refractivity contribution is -0.137. The third-order valence-electron chi connectivity index (χ3n) is 3.57. The van der Waals surface area contributed by atoms with Crippen LogP contribution in [-0.2, 0) is 4.79 Å². The van der Waals surface area contributed by atoms with Crippen LogP contribution in [0.15, 0.2) is 24.3 Å². The molecule has 1 unspecified atom stereocenters. The van der Waals surface area contributed by atoms with Gasteiger partial charge in [0, 0.05) is 33.3 Å². The van der Waals surface area contributed by atoms with Crippen LogP contribution in [0.3, 0.4) is 0 Å². The molecule has 0 aromatic heterocycles. The van der Waals surface area contributed by atoms with E-state index in [1.165, 1.54) is 0 Å². The van der Waals surface area contributed by atoms with E-state index in [0.29, 0.717) is 0 Å². The maximum Gasteiger partial charge on any atom is 0.239 e. The molecule has 1 heterocycles. The molecule has 0 N–H and O–H groups in total. The first-order chi connectivity index (χ1) is 9.51. The molecule has 1 fully saturated rings. The average Bonchev–Trinajstić information content (AvgIpc) is 2.41. The van der Waals surface area contributed by atoms with E-state index in [2.05, 4.69) is 4.90 Å². The van der Waals surface area contributed by atoms with Gasteiger partial charge < -0.3 is 14.4 Å². The standard InChI is InChI=1S/C15H22N2O3/c1-11(15(18)16(2)3)17-9-14(10-17)20-13-7-5-6-12(8-13)19-4/h5-8,11,14H,9-10H2,1-4H3. The second kappa shape index (κ2) is 6.13. The second-order valence-electron chi connectivity index (χ2n) is 5.28. The van der Waals surface area contributed by atoms with Crippen molar-refractivity contribution in [2.24, 2.45) is 0 Å². The van der Waals surface area contributed by atoms with Crippen molar-refractivity contribution in [1.29, 1.82) is 0 Å². The fourth-order valence-electron chi connectivity index (χ4n) is 2.26. The summed E-state index contributed by atoms with van der Waals surface area (Å²) in [5, 5.41) is 0. The van der Waals surface area contributed by atoms with Gasteiger partial charge in [-0.2, -0.15) is 0 Å². The third-order valence-corrected chi connectivity index (χ3v) is 3.57. The normalized spacial score (nSPS) is 17.2. The number of carbonyl (C=O) groups is 1. The first-order valence-electron chi connectivity index (χ1n) is 6.77. The Morgan fingerprint density at radius 1 is 1.35 bits per heavy atom. The zero-order valence-corrected chi connectivity index (χ0v) is 12.5. The van der Waals surface area contributed by atoms with Crippen LogP contribution in [0, 0.1) is 0 Å². The predicted octanol–water partition coefficient (Wildman–Crippen LogP) is 1.23. The number of nitrogens with zero attached hydrogens (tertiary/aromatic N) is 2. The highest BCUT2D eigenvalue weighted by molar-refractivity contribution is 5.81. The Bertz CT molecular complexity index is 470. The Balaban J connectivity index is 1.83. The van der Waals surface area contributed by atoms with Crippen LogP contribution in [0.4, 0.5) is 0 Å². The lowest BCUT2D eigenvalue weighted by Crippen LogP contribution is -2.60. The maximum absolute atomic E-state index is 11.9.